The number of halogens is 1. The Bertz CT molecular complexity index is 450. The smallest absolute Gasteiger partial charge is 0.0898 e. The molecule has 1 aromatic carbocycles. The van der Waals surface area contributed by atoms with E-state index in [1.54, 1.807) is 11.3 Å². The zero-order chi connectivity index (χ0) is 10.8. The number of aromatic nitrogens is 1. The van der Waals surface area contributed by atoms with Gasteiger partial charge in [-0.25, -0.2) is 4.98 Å². The second-order valence-corrected chi connectivity index (χ2v) is 4.82. The standard InChI is InChI=1S/C11H11ClN2S/c1-7-14-10(6-15-7)11(13)8-2-4-9(12)5-3-8/h2-6,11H,13H2,1H3. The molecule has 1 heterocycles. The van der Waals surface area contributed by atoms with Crippen LogP contribution >= 0.6 is 22.9 Å². The highest BCUT2D eigenvalue weighted by atomic mass is 35.5. The molecule has 0 bridgehead atoms. The van der Waals surface area contributed by atoms with Crippen LogP contribution < -0.4 is 5.73 Å². The maximum atomic E-state index is 6.08. The van der Waals surface area contributed by atoms with E-state index in [1.165, 1.54) is 0 Å². The van der Waals surface area contributed by atoms with Gasteiger partial charge < -0.3 is 5.73 Å². The Morgan fingerprint density at radius 3 is 2.53 bits per heavy atom. The van der Waals surface area contributed by atoms with Gasteiger partial charge in [0.25, 0.3) is 0 Å². The van der Waals surface area contributed by atoms with E-state index in [0.29, 0.717) is 0 Å². The fraction of sp³-hybridized carbons (Fsp3) is 0.182. The van der Waals surface area contributed by atoms with Crippen molar-refractivity contribution in [3.8, 4) is 0 Å². The number of thiazole rings is 1. The van der Waals surface area contributed by atoms with Crippen LogP contribution in [0.3, 0.4) is 0 Å². The van der Waals surface area contributed by atoms with Crippen LogP contribution in [0.15, 0.2) is 29.6 Å². The second kappa shape index (κ2) is 4.31. The Morgan fingerprint density at radius 1 is 1.33 bits per heavy atom. The van der Waals surface area contributed by atoms with Gasteiger partial charge in [-0.05, 0) is 24.6 Å². The van der Waals surface area contributed by atoms with E-state index in [9.17, 15) is 0 Å². The number of nitrogens with zero attached hydrogens (tertiary/aromatic N) is 1. The molecule has 15 heavy (non-hydrogen) atoms. The van der Waals surface area contributed by atoms with Crippen LogP contribution in [0.5, 0.6) is 0 Å². The predicted octanol–water partition coefficient (Wildman–Crippen LogP) is 3.15. The largest absolute Gasteiger partial charge is 0.319 e. The molecule has 2 N–H and O–H groups in total. The van der Waals surface area contributed by atoms with Crippen LogP contribution in [-0.2, 0) is 0 Å². The molecule has 0 radical (unpaired) electrons. The molecule has 0 aliphatic rings. The molecule has 78 valence electrons. The lowest BCUT2D eigenvalue weighted by molar-refractivity contribution is 0.834. The summed E-state index contributed by atoms with van der Waals surface area (Å²) in [5, 5.41) is 3.75. The second-order valence-electron chi connectivity index (χ2n) is 3.32. The molecule has 0 saturated heterocycles. The van der Waals surface area contributed by atoms with Crippen LogP contribution in [0.4, 0.5) is 0 Å². The first-order valence-corrected chi connectivity index (χ1v) is 5.85. The Morgan fingerprint density at radius 2 is 2.00 bits per heavy atom. The van der Waals surface area contributed by atoms with Gasteiger partial charge in [0.1, 0.15) is 0 Å². The van der Waals surface area contributed by atoms with Crippen LogP contribution in [-0.4, -0.2) is 4.98 Å². The molecule has 0 aliphatic heterocycles. The van der Waals surface area contributed by atoms with E-state index >= 15 is 0 Å². The molecule has 0 saturated carbocycles. The average molecular weight is 239 g/mol. The zero-order valence-corrected chi connectivity index (χ0v) is 9.85. The van der Waals surface area contributed by atoms with Crippen LogP contribution in [0.2, 0.25) is 5.02 Å². The maximum absolute atomic E-state index is 6.08. The fourth-order valence-electron chi connectivity index (χ4n) is 1.36. The minimum atomic E-state index is -0.160. The highest BCUT2D eigenvalue weighted by Crippen LogP contribution is 2.22. The minimum absolute atomic E-state index is 0.160. The molecular weight excluding hydrogens is 228 g/mol. The normalized spacial score (nSPS) is 12.7. The van der Waals surface area contributed by atoms with E-state index in [1.807, 2.05) is 36.6 Å². The van der Waals surface area contributed by atoms with Gasteiger partial charge in [-0.2, -0.15) is 0 Å². The highest BCUT2D eigenvalue weighted by Gasteiger charge is 2.11. The number of hydrogen-bond donors (Lipinski definition) is 1. The Balaban J connectivity index is 2.28. The molecule has 1 atom stereocenters. The third-order valence-electron chi connectivity index (χ3n) is 2.18. The van der Waals surface area contributed by atoms with Gasteiger partial charge in [0, 0.05) is 10.4 Å². The Hall–Kier alpha value is -0.900. The summed E-state index contributed by atoms with van der Waals surface area (Å²) in [4.78, 5) is 4.37. The summed E-state index contributed by atoms with van der Waals surface area (Å²) in [7, 11) is 0. The summed E-state index contributed by atoms with van der Waals surface area (Å²) in [6.07, 6.45) is 0. The molecule has 1 unspecified atom stereocenters. The van der Waals surface area contributed by atoms with Crippen LogP contribution in [0.25, 0.3) is 0 Å². The third-order valence-corrected chi connectivity index (χ3v) is 3.23. The zero-order valence-electron chi connectivity index (χ0n) is 8.27. The predicted molar refractivity (Wildman–Crippen MR) is 64.3 cm³/mol. The highest BCUT2D eigenvalue weighted by molar-refractivity contribution is 7.09. The van der Waals surface area contributed by atoms with E-state index in [4.69, 9.17) is 17.3 Å². The molecule has 0 spiro atoms. The summed E-state index contributed by atoms with van der Waals surface area (Å²) in [5.41, 5.74) is 8.03. The molecule has 0 fully saturated rings. The summed E-state index contributed by atoms with van der Waals surface area (Å²) in [6.45, 7) is 1.97. The topological polar surface area (TPSA) is 38.9 Å². The van der Waals surface area contributed by atoms with E-state index in [-0.39, 0.29) is 6.04 Å². The minimum Gasteiger partial charge on any atom is -0.319 e. The fourth-order valence-corrected chi connectivity index (χ4v) is 2.14. The molecule has 0 amide bonds. The quantitative estimate of drug-likeness (QED) is 0.873. The van der Waals surface area contributed by atoms with Gasteiger partial charge in [-0.3, -0.25) is 0 Å². The molecule has 2 nitrogen and oxygen atoms in total. The van der Waals surface area contributed by atoms with Gasteiger partial charge in [0.15, 0.2) is 0 Å². The Labute approximate surface area is 97.7 Å². The van der Waals surface area contributed by atoms with Crippen molar-refractivity contribution < 1.29 is 0 Å². The Kier molecular flexibility index (Phi) is 3.05. The summed E-state index contributed by atoms with van der Waals surface area (Å²) in [5.74, 6) is 0. The molecule has 4 heteroatoms. The maximum Gasteiger partial charge on any atom is 0.0898 e. The van der Waals surface area contributed by atoms with Crippen molar-refractivity contribution in [3.63, 3.8) is 0 Å². The number of aryl methyl sites for hydroxylation is 1. The lowest BCUT2D eigenvalue weighted by Crippen LogP contribution is -2.12. The van der Waals surface area contributed by atoms with Crippen molar-refractivity contribution in [3.05, 3.63) is 50.9 Å². The van der Waals surface area contributed by atoms with Crippen molar-refractivity contribution in [2.45, 2.75) is 13.0 Å². The lowest BCUT2D eigenvalue weighted by atomic mass is 10.1. The summed E-state index contributed by atoms with van der Waals surface area (Å²) < 4.78 is 0. The lowest BCUT2D eigenvalue weighted by Gasteiger charge is -2.08. The van der Waals surface area contributed by atoms with E-state index in [0.717, 1.165) is 21.3 Å². The molecular formula is C11H11ClN2S. The van der Waals surface area contributed by atoms with Gasteiger partial charge in [0.05, 0.1) is 16.7 Å². The first kappa shape index (κ1) is 10.6. The van der Waals surface area contributed by atoms with Gasteiger partial charge >= 0.3 is 0 Å². The SMILES string of the molecule is Cc1nc(C(N)c2ccc(Cl)cc2)cs1. The average Bonchev–Trinajstić information content (AvgIpc) is 2.65. The van der Waals surface area contributed by atoms with Gasteiger partial charge in [-0.1, -0.05) is 23.7 Å². The number of rotatable bonds is 2. The first-order chi connectivity index (χ1) is 7.16. The number of hydrogen-bond acceptors (Lipinski definition) is 3. The summed E-state index contributed by atoms with van der Waals surface area (Å²) >= 11 is 7.43. The van der Waals surface area contributed by atoms with Crippen molar-refractivity contribution >= 4 is 22.9 Å². The first-order valence-electron chi connectivity index (χ1n) is 4.60. The molecule has 0 aliphatic carbocycles. The van der Waals surface area contributed by atoms with Crippen LogP contribution in [0, 0.1) is 6.92 Å². The van der Waals surface area contributed by atoms with E-state index in [2.05, 4.69) is 4.98 Å². The number of nitrogens with two attached hydrogens (primary N) is 1. The molecule has 2 rings (SSSR count). The molecule has 1 aromatic heterocycles. The van der Waals surface area contributed by atoms with Crippen molar-refractivity contribution in [1.29, 1.82) is 0 Å². The van der Waals surface area contributed by atoms with Crippen molar-refractivity contribution in [2.75, 3.05) is 0 Å². The van der Waals surface area contributed by atoms with Gasteiger partial charge in [-0.15, -0.1) is 11.3 Å². The molecule has 2 aromatic rings. The number of benzene rings is 1. The third kappa shape index (κ3) is 2.37. The van der Waals surface area contributed by atoms with Gasteiger partial charge in [0.2, 0.25) is 0 Å². The van der Waals surface area contributed by atoms with E-state index < -0.39 is 0 Å². The summed E-state index contributed by atoms with van der Waals surface area (Å²) in [6, 6.07) is 7.39. The monoisotopic (exact) mass is 238 g/mol. The van der Waals surface area contributed by atoms with Crippen molar-refractivity contribution in [2.24, 2.45) is 5.73 Å². The van der Waals surface area contributed by atoms with Crippen molar-refractivity contribution in [1.82, 2.24) is 4.98 Å². The van der Waals surface area contributed by atoms with Crippen LogP contribution in [0.1, 0.15) is 22.3 Å².